The van der Waals surface area contributed by atoms with Gasteiger partial charge in [-0.1, -0.05) is 104 Å². The quantitative estimate of drug-likeness (QED) is 0.326. The zero-order valence-electron chi connectivity index (χ0n) is 30.7. The third kappa shape index (κ3) is 9.48. The van der Waals surface area contributed by atoms with Crippen LogP contribution in [0.25, 0.3) is 0 Å². The average Bonchev–Trinajstić information content (AvgIpc) is 2.57. The van der Waals surface area contributed by atoms with Gasteiger partial charge in [-0.05, 0) is 133 Å². The van der Waals surface area contributed by atoms with Gasteiger partial charge < -0.3 is 4.90 Å². The standard InChI is InChI=1S/C21H41N.C18H34/c1-18(2)10-16(11-19(3,4)14-18)22(9)17-12-20(5,6)15-21(7,8)13-17;1-14-8-15(2,3)11-18(9-14)12-16(4,5)10-17(6,7)13-18/h16-17H,10-15H2,1-9H3;14H,8-13H2,1-7H3. The summed E-state index contributed by atoms with van der Waals surface area (Å²) in [7, 11) is 2.42. The Morgan fingerprint density at radius 1 is 0.375 bits per heavy atom. The fraction of sp³-hybridized carbons (Fsp3) is 1.00. The summed E-state index contributed by atoms with van der Waals surface area (Å²) in [6, 6.07) is 1.52. The lowest BCUT2D eigenvalue weighted by molar-refractivity contribution is -0.0690. The van der Waals surface area contributed by atoms with Crippen molar-refractivity contribution in [3.05, 3.63) is 0 Å². The Labute approximate surface area is 253 Å². The van der Waals surface area contributed by atoms with E-state index in [0.29, 0.717) is 43.3 Å². The van der Waals surface area contributed by atoms with Crippen molar-refractivity contribution < 1.29 is 0 Å². The summed E-state index contributed by atoms with van der Waals surface area (Å²) in [6.45, 7) is 37.3. The van der Waals surface area contributed by atoms with Gasteiger partial charge in [0.25, 0.3) is 0 Å². The van der Waals surface area contributed by atoms with E-state index in [9.17, 15) is 0 Å². The van der Waals surface area contributed by atoms with E-state index >= 15 is 0 Å². The second kappa shape index (κ2) is 10.8. The Hall–Kier alpha value is -0.0400. The molecule has 1 nitrogen and oxygen atoms in total. The van der Waals surface area contributed by atoms with Crippen LogP contribution < -0.4 is 0 Å². The first-order chi connectivity index (χ1) is 17.6. The van der Waals surface area contributed by atoms with Gasteiger partial charge in [-0.2, -0.15) is 0 Å². The third-order valence-corrected chi connectivity index (χ3v) is 11.4. The summed E-state index contributed by atoms with van der Waals surface area (Å²) in [4.78, 5) is 2.78. The molecule has 40 heavy (non-hydrogen) atoms. The summed E-state index contributed by atoms with van der Waals surface area (Å²) < 4.78 is 0. The van der Waals surface area contributed by atoms with E-state index in [-0.39, 0.29) is 0 Å². The maximum Gasteiger partial charge on any atom is 0.0105 e. The Kier molecular flexibility index (Phi) is 9.34. The van der Waals surface area contributed by atoms with Gasteiger partial charge in [-0.25, -0.2) is 0 Å². The number of hydrogen-bond donors (Lipinski definition) is 0. The molecular formula is C39H75N. The molecule has 0 amide bonds. The second-order valence-electron chi connectivity index (χ2n) is 22.0. The molecule has 1 heteroatoms. The fourth-order valence-corrected chi connectivity index (χ4v) is 13.1. The van der Waals surface area contributed by atoms with Crippen LogP contribution in [-0.2, 0) is 0 Å². The molecule has 0 radical (unpaired) electrons. The minimum Gasteiger partial charge on any atom is -0.300 e. The van der Waals surface area contributed by atoms with E-state index in [0.717, 1.165) is 18.0 Å². The van der Waals surface area contributed by atoms with Gasteiger partial charge in [-0.3, -0.25) is 0 Å². The molecule has 0 N–H and O–H groups in total. The SMILES string of the molecule is CC1CC(C)(C)CC2(C1)CC(C)(C)CC(C)(C)C2.CN(C1CC(C)(C)CC(C)(C)C1)C1CC(C)(C)CC(C)(C)C1. The van der Waals surface area contributed by atoms with E-state index in [1.807, 2.05) is 0 Å². The highest BCUT2D eigenvalue weighted by molar-refractivity contribution is 5.02. The van der Waals surface area contributed by atoms with Crippen molar-refractivity contribution >= 4 is 0 Å². The van der Waals surface area contributed by atoms with Crippen molar-refractivity contribution in [2.45, 2.75) is 193 Å². The van der Waals surface area contributed by atoms with Crippen molar-refractivity contribution in [3.63, 3.8) is 0 Å². The lowest BCUT2D eigenvalue weighted by atomic mass is 9.47. The molecule has 0 aromatic carbocycles. The predicted octanol–water partition coefficient (Wildman–Crippen LogP) is 12.2. The number of rotatable bonds is 2. The van der Waals surface area contributed by atoms with Crippen molar-refractivity contribution in [2.24, 2.45) is 49.2 Å². The topological polar surface area (TPSA) is 3.24 Å². The van der Waals surface area contributed by atoms with Crippen LogP contribution in [0.3, 0.4) is 0 Å². The van der Waals surface area contributed by atoms with E-state index in [1.165, 1.54) is 77.0 Å². The second-order valence-corrected chi connectivity index (χ2v) is 22.0. The molecule has 0 heterocycles. The van der Waals surface area contributed by atoms with Crippen LogP contribution in [0.4, 0.5) is 0 Å². The van der Waals surface area contributed by atoms with Gasteiger partial charge in [0.1, 0.15) is 0 Å². The molecule has 0 saturated heterocycles. The first-order valence-corrected chi connectivity index (χ1v) is 17.4. The van der Waals surface area contributed by atoms with Crippen LogP contribution in [0.2, 0.25) is 0 Å². The Morgan fingerprint density at radius 3 is 0.975 bits per heavy atom. The molecule has 0 aliphatic heterocycles. The zero-order chi connectivity index (χ0) is 30.8. The largest absolute Gasteiger partial charge is 0.300 e. The first kappa shape index (κ1) is 34.5. The van der Waals surface area contributed by atoms with Gasteiger partial charge in [0.15, 0.2) is 0 Å². The molecule has 1 atom stereocenters. The molecule has 4 aliphatic rings. The lowest BCUT2D eigenvalue weighted by Gasteiger charge is -2.58. The monoisotopic (exact) mass is 558 g/mol. The summed E-state index contributed by atoms with van der Waals surface area (Å²) in [6.07, 6.45) is 16.9. The van der Waals surface area contributed by atoms with Gasteiger partial charge in [-0.15, -0.1) is 0 Å². The summed E-state index contributed by atoms with van der Waals surface area (Å²) in [5.74, 6) is 0.915. The Morgan fingerprint density at radius 2 is 0.650 bits per heavy atom. The first-order valence-electron chi connectivity index (χ1n) is 17.4. The third-order valence-electron chi connectivity index (χ3n) is 11.4. The molecule has 1 unspecified atom stereocenters. The van der Waals surface area contributed by atoms with Crippen molar-refractivity contribution in [1.82, 2.24) is 4.90 Å². The molecule has 4 aliphatic carbocycles. The van der Waals surface area contributed by atoms with Crippen molar-refractivity contribution in [3.8, 4) is 0 Å². The minimum atomic E-state index is 0.486. The summed E-state index contributed by atoms with van der Waals surface area (Å²) >= 11 is 0. The van der Waals surface area contributed by atoms with Crippen LogP contribution in [0, 0.1) is 49.2 Å². The smallest absolute Gasteiger partial charge is 0.0105 e. The van der Waals surface area contributed by atoms with Gasteiger partial charge in [0.05, 0.1) is 0 Å². The molecular weight excluding hydrogens is 482 g/mol. The molecule has 4 fully saturated rings. The Balaban J connectivity index is 0.000000225. The highest BCUT2D eigenvalue weighted by Crippen LogP contribution is 2.63. The molecule has 4 saturated carbocycles. The molecule has 4 rings (SSSR count). The fourth-order valence-electron chi connectivity index (χ4n) is 13.1. The number of hydrogen-bond acceptors (Lipinski definition) is 1. The van der Waals surface area contributed by atoms with E-state index in [4.69, 9.17) is 0 Å². The molecule has 0 aromatic rings. The average molecular weight is 558 g/mol. The highest BCUT2D eigenvalue weighted by Gasteiger charge is 2.52. The maximum atomic E-state index is 2.78. The van der Waals surface area contributed by atoms with Crippen molar-refractivity contribution in [1.29, 1.82) is 0 Å². The van der Waals surface area contributed by atoms with Crippen molar-refractivity contribution in [2.75, 3.05) is 7.05 Å². The molecule has 236 valence electrons. The predicted molar refractivity (Wildman–Crippen MR) is 179 cm³/mol. The normalized spacial score (nSPS) is 33.7. The number of nitrogens with zero attached hydrogens (tertiary/aromatic N) is 1. The summed E-state index contributed by atoms with van der Waals surface area (Å²) in [5.41, 5.74) is 4.21. The van der Waals surface area contributed by atoms with Crippen LogP contribution in [0.15, 0.2) is 0 Å². The van der Waals surface area contributed by atoms with Crippen LogP contribution in [0.5, 0.6) is 0 Å². The van der Waals surface area contributed by atoms with E-state index in [2.05, 4.69) is 116 Å². The van der Waals surface area contributed by atoms with Gasteiger partial charge in [0, 0.05) is 12.1 Å². The zero-order valence-corrected chi connectivity index (χ0v) is 30.7. The van der Waals surface area contributed by atoms with E-state index < -0.39 is 0 Å². The molecule has 1 spiro atoms. The summed E-state index contributed by atoms with van der Waals surface area (Å²) in [5, 5.41) is 0. The highest BCUT2D eigenvalue weighted by atomic mass is 15.2. The minimum absolute atomic E-state index is 0.486. The van der Waals surface area contributed by atoms with Crippen LogP contribution >= 0.6 is 0 Å². The van der Waals surface area contributed by atoms with Crippen LogP contribution in [0.1, 0.15) is 181 Å². The lowest BCUT2D eigenvalue weighted by Crippen LogP contribution is -2.52. The molecule has 0 aromatic heterocycles. The van der Waals surface area contributed by atoms with Gasteiger partial charge in [0.2, 0.25) is 0 Å². The van der Waals surface area contributed by atoms with Gasteiger partial charge >= 0.3 is 0 Å². The van der Waals surface area contributed by atoms with E-state index in [1.54, 1.807) is 0 Å². The maximum absolute atomic E-state index is 2.78. The Bertz CT molecular complexity index is 774. The molecule has 0 bridgehead atoms. The van der Waals surface area contributed by atoms with Crippen LogP contribution in [-0.4, -0.2) is 24.0 Å².